The number of fused-ring (bicyclic) bond motifs is 1. The number of nitrogens with zero attached hydrogens (tertiary/aromatic N) is 3. The number of aromatic nitrogens is 1. The zero-order valence-corrected chi connectivity index (χ0v) is 18.9. The normalized spacial score (nSPS) is 15.6. The summed E-state index contributed by atoms with van der Waals surface area (Å²) in [6, 6.07) is 12.4. The third kappa shape index (κ3) is 4.89. The molecule has 1 fully saturated rings. The van der Waals surface area contributed by atoms with Gasteiger partial charge in [-0.2, -0.15) is 0 Å². The van der Waals surface area contributed by atoms with Crippen LogP contribution in [0.5, 0.6) is 5.75 Å². The molecule has 2 heterocycles. The molecule has 4 rings (SSSR count). The number of carbonyl (C=O) groups excluding carboxylic acids is 2. The van der Waals surface area contributed by atoms with E-state index < -0.39 is 12.2 Å². The number of rotatable bonds is 7. The second-order valence-electron chi connectivity index (χ2n) is 8.18. The van der Waals surface area contributed by atoms with Crippen molar-refractivity contribution in [3.8, 4) is 5.75 Å². The molecule has 2 amide bonds. The molecule has 0 unspecified atom stereocenters. The Morgan fingerprint density at radius 1 is 1.30 bits per heavy atom. The molecular formula is C25H26FN3O4. The number of likely N-dealkylation sites (N-methyl/N-ethyl adjacent to an activating group) is 1. The Labute approximate surface area is 191 Å². The van der Waals surface area contributed by atoms with Crippen molar-refractivity contribution in [3.63, 3.8) is 0 Å². The minimum atomic E-state index is -0.540. The van der Waals surface area contributed by atoms with Gasteiger partial charge in [-0.3, -0.25) is 14.7 Å². The summed E-state index contributed by atoms with van der Waals surface area (Å²) < 4.78 is 24.6. The maximum atomic E-state index is 13.9. The van der Waals surface area contributed by atoms with Gasteiger partial charge in [-0.15, -0.1) is 0 Å². The topological polar surface area (TPSA) is 72.0 Å². The van der Waals surface area contributed by atoms with Crippen molar-refractivity contribution in [2.24, 2.45) is 0 Å². The second kappa shape index (κ2) is 9.44. The number of methoxy groups -OCH3 is 1. The number of ether oxygens (including phenoxy) is 2. The number of hydrogen-bond acceptors (Lipinski definition) is 5. The Balaban J connectivity index is 1.36. The Morgan fingerprint density at radius 2 is 2.12 bits per heavy atom. The number of pyridine rings is 1. The third-order valence-corrected chi connectivity index (χ3v) is 5.88. The number of hydrogen-bond donors (Lipinski definition) is 0. The molecule has 0 saturated carbocycles. The van der Waals surface area contributed by atoms with Gasteiger partial charge < -0.3 is 14.4 Å². The zero-order valence-electron chi connectivity index (χ0n) is 18.9. The Morgan fingerprint density at radius 3 is 2.88 bits per heavy atom. The van der Waals surface area contributed by atoms with Crippen molar-refractivity contribution in [2.45, 2.75) is 25.9 Å². The van der Waals surface area contributed by atoms with Crippen LogP contribution in [0.4, 0.5) is 14.9 Å². The molecule has 33 heavy (non-hydrogen) atoms. The van der Waals surface area contributed by atoms with Crippen molar-refractivity contribution in [2.75, 3.05) is 32.1 Å². The number of amides is 2. The molecule has 0 radical (unpaired) electrons. The fraction of sp³-hybridized carbons (Fsp3) is 0.320. The van der Waals surface area contributed by atoms with Crippen LogP contribution in [0, 0.1) is 12.7 Å². The standard InChI is InChI=1S/C25H26FN3O4/c1-16-7-9-18(11-22(16)26)29-15-20(33-25(29)31)14-28(2)24(30)10-8-17-5-4-6-23-21(17)12-19(32-3)13-27-23/h4-7,9,11-13,20H,8,10,14-15H2,1-3H3/t20-/m1/s1. The van der Waals surface area contributed by atoms with E-state index in [0.717, 1.165) is 16.5 Å². The summed E-state index contributed by atoms with van der Waals surface area (Å²) in [5.74, 6) is 0.232. The molecule has 0 spiro atoms. The first kappa shape index (κ1) is 22.5. The first-order valence-electron chi connectivity index (χ1n) is 10.8. The van der Waals surface area contributed by atoms with Crippen LogP contribution >= 0.6 is 0 Å². The summed E-state index contributed by atoms with van der Waals surface area (Å²) >= 11 is 0. The van der Waals surface area contributed by atoms with Gasteiger partial charge in [0, 0.05) is 18.9 Å². The van der Waals surface area contributed by atoms with E-state index in [4.69, 9.17) is 9.47 Å². The summed E-state index contributed by atoms with van der Waals surface area (Å²) in [6.45, 7) is 2.18. The van der Waals surface area contributed by atoms with Crippen LogP contribution in [0.1, 0.15) is 17.5 Å². The highest BCUT2D eigenvalue weighted by atomic mass is 19.1. The minimum Gasteiger partial charge on any atom is -0.495 e. The first-order valence-corrected chi connectivity index (χ1v) is 10.8. The number of anilines is 1. The highest BCUT2D eigenvalue weighted by molar-refractivity contribution is 5.90. The molecule has 7 nitrogen and oxygen atoms in total. The van der Waals surface area contributed by atoms with Crippen LogP contribution in [0.25, 0.3) is 10.9 Å². The lowest BCUT2D eigenvalue weighted by molar-refractivity contribution is -0.130. The smallest absolute Gasteiger partial charge is 0.414 e. The van der Waals surface area contributed by atoms with E-state index in [2.05, 4.69) is 4.98 Å². The lowest BCUT2D eigenvalue weighted by Crippen LogP contribution is -2.36. The quantitative estimate of drug-likeness (QED) is 0.541. The molecular weight excluding hydrogens is 425 g/mol. The van der Waals surface area contributed by atoms with Crippen LogP contribution in [-0.2, 0) is 16.0 Å². The van der Waals surface area contributed by atoms with Crippen LogP contribution in [0.15, 0.2) is 48.7 Å². The average Bonchev–Trinajstić information content (AvgIpc) is 3.18. The van der Waals surface area contributed by atoms with Crippen molar-refractivity contribution in [1.82, 2.24) is 9.88 Å². The highest BCUT2D eigenvalue weighted by Gasteiger charge is 2.34. The van der Waals surface area contributed by atoms with E-state index in [0.29, 0.717) is 29.8 Å². The van der Waals surface area contributed by atoms with Gasteiger partial charge in [0.15, 0.2) is 0 Å². The molecule has 1 saturated heterocycles. The zero-order chi connectivity index (χ0) is 23.5. The third-order valence-electron chi connectivity index (χ3n) is 5.88. The van der Waals surface area contributed by atoms with Gasteiger partial charge >= 0.3 is 6.09 Å². The molecule has 1 aromatic heterocycles. The second-order valence-corrected chi connectivity index (χ2v) is 8.18. The lowest BCUT2D eigenvalue weighted by Gasteiger charge is -2.20. The summed E-state index contributed by atoms with van der Waals surface area (Å²) in [4.78, 5) is 32.4. The van der Waals surface area contributed by atoms with Crippen LogP contribution in [-0.4, -0.2) is 55.2 Å². The molecule has 2 aromatic carbocycles. The summed E-state index contributed by atoms with van der Waals surface area (Å²) in [7, 11) is 3.29. The van der Waals surface area contributed by atoms with E-state index in [1.807, 2.05) is 24.3 Å². The van der Waals surface area contributed by atoms with Gasteiger partial charge in [0.25, 0.3) is 0 Å². The van der Waals surface area contributed by atoms with Gasteiger partial charge in [0.2, 0.25) is 5.91 Å². The van der Waals surface area contributed by atoms with Gasteiger partial charge in [0.1, 0.15) is 17.7 Å². The fourth-order valence-electron chi connectivity index (χ4n) is 3.94. The van der Waals surface area contributed by atoms with Crippen molar-refractivity contribution < 1.29 is 23.5 Å². The van der Waals surface area contributed by atoms with E-state index in [1.165, 1.54) is 11.0 Å². The molecule has 172 valence electrons. The summed E-state index contributed by atoms with van der Waals surface area (Å²) in [6.07, 6.45) is 1.50. The van der Waals surface area contributed by atoms with Crippen LogP contribution < -0.4 is 9.64 Å². The van der Waals surface area contributed by atoms with Crippen molar-refractivity contribution >= 4 is 28.6 Å². The van der Waals surface area contributed by atoms with Crippen LogP contribution in [0.3, 0.4) is 0 Å². The van der Waals surface area contributed by atoms with Gasteiger partial charge in [-0.05, 0) is 48.7 Å². The Bertz CT molecular complexity index is 1200. The molecule has 3 aromatic rings. The minimum absolute atomic E-state index is 0.0567. The maximum Gasteiger partial charge on any atom is 0.414 e. The Hall–Kier alpha value is -3.68. The monoisotopic (exact) mass is 451 g/mol. The fourth-order valence-corrected chi connectivity index (χ4v) is 3.94. The number of aryl methyl sites for hydroxylation is 2. The molecule has 0 N–H and O–H groups in total. The SMILES string of the molecule is COc1cnc2cccc(CCC(=O)N(C)C[C@@H]3CN(c4ccc(C)c(F)c4)C(=O)O3)c2c1. The van der Waals surface area contributed by atoms with E-state index in [1.54, 1.807) is 44.3 Å². The molecule has 1 aliphatic heterocycles. The predicted molar refractivity (Wildman–Crippen MR) is 123 cm³/mol. The number of halogens is 1. The predicted octanol–water partition coefficient (Wildman–Crippen LogP) is 4.11. The highest BCUT2D eigenvalue weighted by Crippen LogP contribution is 2.25. The summed E-state index contributed by atoms with van der Waals surface area (Å²) in [5.41, 5.74) is 2.81. The molecule has 0 aliphatic carbocycles. The van der Waals surface area contributed by atoms with Crippen LogP contribution in [0.2, 0.25) is 0 Å². The first-order chi connectivity index (χ1) is 15.9. The molecule has 8 heteroatoms. The van der Waals surface area contributed by atoms with Crippen molar-refractivity contribution in [1.29, 1.82) is 0 Å². The summed E-state index contributed by atoms with van der Waals surface area (Å²) in [5, 5.41) is 0.956. The Kier molecular flexibility index (Phi) is 6.44. The van der Waals surface area contributed by atoms with Gasteiger partial charge in [-0.1, -0.05) is 18.2 Å². The van der Waals surface area contributed by atoms with E-state index in [-0.39, 0.29) is 24.8 Å². The number of carbonyl (C=O) groups is 2. The van der Waals surface area contributed by atoms with Crippen molar-refractivity contribution in [3.05, 3.63) is 65.6 Å². The lowest BCUT2D eigenvalue weighted by atomic mass is 10.0. The van der Waals surface area contributed by atoms with E-state index >= 15 is 0 Å². The van der Waals surface area contributed by atoms with Gasteiger partial charge in [0.05, 0.1) is 37.6 Å². The molecule has 1 aliphatic rings. The maximum absolute atomic E-state index is 13.9. The number of cyclic esters (lactones) is 1. The average molecular weight is 451 g/mol. The number of benzene rings is 2. The molecule has 0 bridgehead atoms. The van der Waals surface area contributed by atoms with E-state index in [9.17, 15) is 14.0 Å². The van der Waals surface area contributed by atoms with Gasteiger partial charge in [-0.25, -0.2) is 9.18 Å². The molecule has 1 atom stereocenters. The largest absolute Gasteiger partial charge is 0.495 e.